The fraction of sp³-hybridized carbons (Fsp3) is 0.947. The van der Waals surface area contributed by atoms with Crippen LogP contribution in [0.2, 0.25) is 0 Å². The van der Waals surface area contributed by atoms with E-state index in [2.05, 4.69) is 26.1 Å². The first kappa shape index (κ1) is 18.2. The Morgan fingerprint density at radius 2 is 1.79 bits per heavy atom. The molecule has 5 nitrogen and oxygen atoms in total. The van der Waals surface area contributed by atoms with E-state index in [-0.39, 0.29) is 18.0 Å². The van der Waals surface area contributed by atoms with Crippen molar-refractivity contribution >= 4 is 5.97 Å². The Labute approximate surface area is 145 Å². The fourth-order valence-electron chi connectivity index (χ4n) is 5.91. The van der Waals surface area contributed by atoms with Crippen molar-refractivity contribution in [2.24, 2.45) is 17.3 Å². The summed E-state index contributed by atoms with van der Waals surface area (Å²) < 4.78 is 6.09. The third kappa shape index (κ3) is 3.23. The minimum Gasteiger partial charge on any atom is -0.457 e. The standard InChI is InChI=1S/C19H33NO4/c1-16(2,3)10-19(12-21,20-4)15(22)24-18-8-13-5-14(9-18)7-17(23,6-13)11-18/h13-14,20-21,23H,5-12H2,1-4H3. The Morgan fingerprint density at radius 1 is 1.21 bits per heavy atom. The van der Waals surface area contributed by atoms with Crippen LogP contribution in [-0.2, 0) is 9.53 Å². The minimum atomic E-state index is -1.08. The Hall–Kier alpha value is -0.650. The summed E-state index contributed by atoms with van der Waals surface area (Å²) in [5, 5.41) is 23.8. The molecule has 0 aromatic heterocycles. The molecule has 3 N–H and O–H groups in total. The Kier molecular flexibility index (Phi) is 4.30. The van der Waals surface area contributed by atoms with E-state index in [4.69, 9.17) is 4.74 Å². The summed E-state index contributed by atoms with van der Waals surface area (Å²) in [5.41, 5.74) is -2.39. The van der Waals surface area contributed by atoms with E-state index in [9.17, 15) is 15.0 Å². The van der Waals surface area contributed by atoms with Crippen molar-refractivity contribution in [2.75, 3.05) is 13.7 Å². The SMILES string of the molecule is CNC(CO)(CC(C)(C)C)C(=O)OC12CC3CC(CC(O)(C3)C1)C2. The van der Waals surface area contributed by atoms with E-state index in [0.29, 0.717) is 24.7 Å². The molecule has 4 aliphatic carbocycles. The minimum absolute atomic E-state index is 0.121. The van der Waals surface area contributed by atoms with Crippen LogP contribution in [-0.4, -0.2) is 46.6 Å². The van der Waals surface area contributed by atoms with Crippen molar-refractivity contribution in [3.05, 3.63) is 0 Å². The number of ether oxygens (including phenoxy) is 1. The summed E-state index contributed by atoms with van der Waals surface area (Å²) in [7, 11) is 1.70. The molecule has 4 saturated carbocycles. The second-order valence-corrected chi connectivity index (χ2v) is 9.99. The van der Waals surface area contributed by atoms with Gasteiger partial charge >= 0.3 is 5.97 Å². The second kappa shape index (κ2) is 5.68. The average Bonchev–Trinajstić information content (AvgIpc) is 2.40. The van der Waals surface area contributed by atoms with E-state index in [1.54, 1.807) is 7.05 Å². The molecule has 0 aromatic rings. The first-order valence-corrected chi connectivity index (χ1v) is 9.28. The van der Waals surface area contributed by atoms with Gasteiger partial charge in [0.15, 0.2) is 0 Å². The van der Waals surface area contributed by atoms with E-state index >= 15 is 0 Å². The van der Waals surface area contributed by atoms with Crippen LogP contribution in [0.5, 0.6) is 0 Å². The van der Waals surface area contributed by atoms with Gasteiger partial charge in [0.05, 0.1) is 12.2 Å². The zero-order valence-corrected chi connectivity index (χ0v) is 15.5. The van der Waals surface area contributed by atoms with E-state index in [1.807, 2.05) is 0 Å². The second-order valence-electron chi connectivity index (χ2n) is 9.99. The molecular weight excluding hydrogens is 306 g/mol. The molecule has 0 amide bonds. The molecule has 24 heavy (non-hydrogen) atoms. The van der Waals surface area contributed by atoms with Gasteiger partial charge in [-0.25, -0.2) is 4.79 Å². The lowest BCUT2D eigenvalue weighted by atomic mass is 9.52. The van der Waals surface area contributed by atoms with Gasteiger partial charge in [-0.3, -0.25) is 0 Å². The summed E-state index contributed by atoms with van der Waals surface area (Å²) in [6, 6.07) is 0. The van der Waals surface area contributed by atoms with Crippen molar-refractivity contribution in [3.8, 4) is 0 Å². The molecular formula is C19H33NO4. The topological polar surface area (TPSA) is 78.8 Å². The normalized spacial score (nSPS) is 40.4. The fourth-order valence-corrected chi connectivity index (χ4v) is 5.91. The van der Waals surface area contributed by atoms with Crippen LogP contribution in [0, 0.1) is 17.3 Å². The maximum atomic E-state index is 13.1. The van der Waals surface area contributed by atoms with Crippen molar-refractivity contribution in [2.45, 2.75) is 82.5 Å². The molecule has 138 valence electrons. The lowest BCUT2D eigenvalue weighted by Crippen LogP contribution is -2.64. The summed E-state index contributed by atoms with van der Waals surface area (Å²) >= 11 is 0. The van der Waals surface area contributed by atoms with Gasteiger partial charge in [0.25, 0.3) is 0 Å². The van der Waals surface area contributed by atoms with Crippen LogP contribution in [0.4, 0.5) is 0 Å². The molecule has 0 heterocycles. The lowest BCUT2D eigenvalue weighted by molar-refractivity contribution is -0.225. The van der Waals surface area contributed by atoms with Crippen LogP contribution < -0.4 is 5.32 Å². The molecule has 4 rings (SSSR count). The molecule has 0 aliphatic heterocycles. The molecule has 0 saturated heterocycles. The zero-order valence-electron chi connectivity index (χ0n) is 15.5. The smallest absolute Gasteiger partial charge is 0.329 e. The van der Waals surface area contributed by atoms with Gasteiger partial charge in [-0.1, -0.05) is 20.8 Å². The van der Waals surface area contributed by atoms with Crippen molar-refractivity contribution in [3.63, 3.8) is 0 Å². The Balaban J connectivity index is 1.80. The monoisotopic (exact) mass is 339 g/mol. The van der Waals surface area contributed by atoms with E-state index < -0.39 is 16.7 Å². The summed E-state index contributed by atoms with van der Waals surface area (Å²) in [6.45, 7) is 5.87. The maximum absolute atomic E-state index is 13.1. The van der Waals surface area contributed by atoms with Crippen LogP contribution in [0.3, 0.4) is 0 Å². The third-order valence-corrected chi connectivity index (χ3v) is 6.26. The van der Waals surface area contributed by atoms with Gasteiger partial charge in [0, 0.05) is 6.42 Å². The molecule has 3 unspecified atom stereocenters. The number of nitrogens with one attached hydrogen (secondary N) is 1. The highest BCUT2D eigenvalue weighted by Gasteiger charge is 2.60. The van der Waals surface area contributed by atoms with Crippen LogP contribution in [0.15, 0.2) is 0 Å². The van der Waals surface area contributed by atoms with Gasteiger partial charge in [0.1, 0.15) is 11.1 Å². The highest BCUT2D eigenvalue weighted by Crippen LogP contribution is 2.59. The Morgan fingerprint density at radius 3 is 2.21 bits per heavy atom. The number of aliphatic hydroxyl groups is 2. The molecule has 0 aromatic carbocycles. The highest BCUT2D eigenvalue weighted by atomic mass is 16.6. The summed E-state index contributed by atoms with van der Waals surface area (Å²) in [4.78, 5) is 13.1. The summed E-state index contributed by atoms with van der Waals surface area (Å²) in [6.07, 6.45) is 5.62. The van der Waals surface area contributed by atoms with Gasteiger partial charge in [-0.05, 0) is 62.8 Å². The molecule has 4 fully saturated rings. The maximum Gasteiger partial charge on any atom is 0.329 e. The number of esters is 1. The first-order chi connectivity index (χ1) is 11.0. The number of hydrogen-bond acceptors (Lipinski definition) is 5. The molecule has 4 aliphatic rings. The number of carbonyl (C=O) groups excluding carboxylic acids is 1. The van der Waals surface area contributed by atoms with Crippen molar-refractivity contribution in [1.29, 1.82) is 0 Å². The molecule has 5 heteroatoms. The van der Waals surface area contributed by atoms with E-state index in [0.717, 1.165) is 32.1 Å². The highest BCUT2D eigenvalue weighted by molar-refractivity contribution is 5.81. The molecule has 0 radical (unpaired) electrons. The first-order valence-electron chi connectivity index (χ1n) is 9.28. The van der Waals surface area contributed by atoms with Gasteiger partial charge < -0.3 is 20.3 Å². The predicted molar refractivity (Wildman–Crippen MR) is 91.4 cm³/mol. The van der Waals surface area contributed by atoms with Crippen LogP contribution >= 0.6 is 0 Å². The van der Waals surface area contributed by atoms with Crippen molar-refractivity contribution in [1.82, 2.24) is 5.32 Å². The quantitative estimate of drug-likeness (QED) is 0.668. The molecule has 0 spiro atoms. The van der Waals surface area contributed by atoms with Crippen molar-refractivity contribution < 1.29 is 19.7 Å². The van der Waals surface area contributed by atoms with Crippen LogP contribution in [0.1, 0.15) is 65.7 Å². The predicted octanol–water partition coefficient (Wildman–Crippen LogP) is 2.00. The number of likely N-dealkylation sites (N-methyl/N-ethyl adjacent to an activating group) is 1. The zero-order chi connectivity index (χ0) is 17.8. The molecule has 4 bridgehead atoms. The number of hydrogen-bond donors (Lipinski definition) is 3. The number of carbonyl (C=O) groups is 1. The van der Waals surface area contributed by atoms with Crippen LogP contribution in [0.25, 0.3) is 0 Å². The lowest BCUT2D eigenvalue weighted by Gasteiger charge is -2.59. The third-order valence-electron chi connectivity index (χ3n) is 6.26. The van der Waals surface area contributed by atoms with Gasteiger partial charge in [0.2, 0.25) is 0 Å². The average molecular weight is 339 g/mol. The number of aliphatic hydroxyl groups excluding tert-OH is 1. The van der Waals surface area contributed by atoms with Gasteiger partial charge in [-0.2, -0.15) is 0 Å². The largest absolute Gasteiger partial charge is 0.457 e. The Bertz CT molecular complexity index is 492. The number of rotatable bonds is 5. The molecule has 3 atom stereocenters. The van der Waals surface area contributed by atoms with Gasteiger partial charge in [-0.15, -0.1) is 0 Å². The summed E-state index contributed by atoms with van der Waals surface area (Å²) in [5.74, 6) is 0.558. The van der Waals surface area contributed by atoms with E-state index in [1.165, 1.54) is 0 Å².